The maximum Gasteiger partial charge on any atom is 0.234 e. The molecule has 0 aliphatic heterocycles. The monoisotopic (exact) mass is 361 g/mol. The van der Waals surface area contributed by atoms with Gasteiger partial charge in [-0.15, -0.1) is 5.10 Å². The van der Waals surface area contributed by atoms with Gasteiger partial charge in [0.1, 0.15) is 11.5 Å². The molecule has 0 fully saturated rings. The number of guanidine groups is 1. The van der Waals surface area contributed by atoms with Crippen molar-refractivity contribution in [1.29, 1.82) is 0 Å². The average Bonchev–Trinajstić information content (AvgIpc) is 2.57. The van der Waals surface area contributed by atoms with Crippen LogP contribution in [0.5, 0.6) is 34.5 Å². The Bertz CT molecular complexity index is 910. The molecule has 2 rings (SSSR count). The summed E-state index contributed by atoms with van der Waals surface area (Å²) in [5.41, 5.74) is 7.98. The zero-order chi connectivity index (χ0) is 19.3. The fourth-order valence-electron chi connectivity index (χ4n) is 1.71. The van der Waals surface area contributed by atoms with Crippen LogP contribution in [0.25, 0.3) is 0 Å². The predicted octanol–water partition coefficient (Wildman–Crippen LogP) is 0.192. The van der Waals surface area contributed by atoms with Crippen molar-refractivity contribution in [2.75, 3.05) is 0 Å². The molecule has 0 aromatic heterocycles. The van der Waals surface area contributed by atoms with Gasteiger partial charge in [0.05, 0.1) is 12.4 Å². The highest BCUT2D eigenvalue weighted by Gasteiger charge is 2.06. The lowest BCUT2D eigenvalue weighted by Crippen LogP contribution is -2.26. The van der Waals surface area contributed by atoms with Gasteiger partial charge in [-0.3, -0.25) is 0 Å². The van der Waals surface area contributed by atoms with E-state index in [1.165, 1.54) is 0 Å². The Morgan fingerprint density at radius 3 is 1.73 bits per heavy atom. The highest BCUT2D eigenvalue weighted by Crippen LogP contribution is 2.31. The van der Waals surface area contributed by atoms with Crippen molar-refractivity contribution in [3.05, 3.63) is 35.4 Å². The lowest BCUT2D eigenvalue weighted by atomic mass is 10.2. The first-order valence-electron chi connectivity index (χ1n) is 6.93. The summed E-state index contributed by atoms with van der Waals surface area (Å²) in [4.78, 5) is 0. The Morgan fingerprint density at radius 2 is 1.19 bits per heavy atom. The normalized spacial score (nSPS) is 12.1. The molecule has 26 heavy (non-hydrogen) atoms. The number of hydrazone groups is 1. The molecule has 136 valence electrons. The molecular formula is C15H15N5O6. The van der Waals surface area contributed by atoms with E-state index in [0.717, 1.165) is 36.7 Å². The van der Waals surface area contributed by atoms with E-state index in [9.17, 15) is 30.6 Å². The number of aromatic hydroxyl groups is 6. The summed E-state index contributed by atoms with van der Waals surface area (Å²) in [6.07, 6.45) is 2.20. The second kappa shape index (κ2) is 7.61. The number of nitrogens with one attached hydrogen (secondary N) is 1. The zero-order valence-corrected chi connectivity index (χ0v) is 13.1. The number of phenolic OH excluding ortho intramolecular Hbond substituents is 6. The topological polar surface area (TPSA) is 197 Å². The van der Waals surface area contributed by atoms with Crippen molar-refractivity contribution in [2.24, 2.45) is 21.0 Å². The number of rotatable bonds is 4. The molecule has 0 aliphatic rings. The van der Waals surface area contributed by atoms with E-state index in [-0.39, 0.29) is 28.6 Å². The van der Waals surface area contributed by atoms with E-state index < -0.39 is 23.0 Å². The SMILES string of the molecule is N/C(=N\N=C\c1cc(O)c(O)cc1O)N/N=C/c1cc(O)c(O)cc1O. The molecule has 0 aliphatic carbocycles. The summed E-state index contributed by atoms with van der Waals surface area (Å²) in [5.74, 6) is -2.74. The number of benzene rings is 2. The minimum atomic E-state index is -0.484. The first-order chi connectivity index (χ1) is 12.3. The van der Waals surface area contributed by atoms with E-state index >= 15 is 0 Å². The Hall–Kier alpha value is -4.15. The molecule has 0 bridgehead atoms. The van der Waals surface area contributed by atoms with Crippen LogP contribution in [0.15, 0.2) is 39.6 Å². The van der Waals surface area contributed by atoms with E-state index in [1.54, 1.807) is 0 Å². The molecule has 0 saturated carbocycles. The summed E-state index contributed by atoms with van der Waals surface area (Å²) < 4.78 is 0. The van der Waals surface area contributed by atoms with Crippen molar-refractivity contribution < 1.29 is 30.6 Å². The summed E-state index contributed by atoms with van der Waals surface area (Å²) in [6.45, 7) is 0. The second-order valence-corrected chi connectivity index (χ2v) is 4.90. The smallest absolute Gasteiger partial charge is 0.234 e. The first kappa shape index (κ1) is 18.2. The summed E-state index contributed by atoms with van der Waals surface area (Å²) in [7, 11) is 0. The Kier molecular flexibility index (Phi) is 5.33. The summed E-state index contributed by atoms with van der Waals surface area (Å²) in [6, 6.07) is 4.04. The van der Waals surface area contributed by atoms with Gasteiger partial charge < -0.3 is 36.4 Å². The first-order valence-corrected chi connectivity index (χ1v) is 6.93. The van der Waals surface area contributed by atoms with Gasteiger partial charge in [0.15, 0.2) is 23.0 Å². The molecule has 0 unspecified atom stereocenters. The van der Waals surface area contributed by atoms with Gasteiger partial charge in [-0.2, -0.15) is 10.2 Å². The van der Waals surface area contributed by atoms with Gasteiger partial charge in [0.25, 0.3) is 0 Å². The van der Waals surface area contributed by atoms with Crippen LogP contribution in [0.3, 0.4) is 0 Å². The number of nitrogens with two attached hydrogens (primary N) is 1. The predicted molar refractivity (Wildman–Crippen MR) is 92.8 cm³/mol. The molecule has 2 aromatic carbocycles. The number of nitrogens with zero attached hydrogens (tertiary/aromatic N) is 3. The Labute approximate surface area is 146 Å². The minimum Gasteiger partial charge on any atom is -0.507 e. The van der Waals surface area contributed by atoms with Crippen molar-refractivity contribution in [1.82, 2.24) is 5.43 Å². The van der Waals surface area contributed by atoms with Crippen LogP contribution in [-0.2, 0) is 0 Å². The lowest BCUT2D eigenvalue weighted by Gasteiger charge is -2.02. The third kappa shape index (κ3) is 4.44. The van der Waals surface area contributed by atoms with Crippen LogP contribution < -0.4 is 11.2 Å². The summed E-state index contributed by atoms with van der Waals surface area (Å²) in [5, 5.41) is 67.0. The van der Waals surface area contributed by atoms with Crippen molar-refractivity contribution in [2.45, 2.75) is 0 Å². The van der Waals surface area contributed by atoms with E-state index in [4.69, 9.17) is 5.73 Å². The summed E-state index contributed by atoms with van der Waals surface area (Å²) >= 11 is 0. The average molecular weight is 361 g/mol. The molecule has 11 nitrogen and oxygen atoms in total. The molecule has 0 amide bonds. The highest BCUT2D eigenvalue weighted by molar-refractivity contribution is 5.87. The maximum atomic E-state index is 9.58. The molecule has 2 aromatic rings. The van der Waals surface area contributed by atoms with E-state index in [2.05, 4.69) is 20.7 Å². The molecular weight excluding hydrogens is 346 g/mol. The third-order valence-corrected chi connectivity index (χ3v) is 2.99. The van der Waals surface area contributed by atoms with Crippen molar-refractivity contribution >= 4 is 18.4 Å². The standard InChI is InChI=1S/C15H15N5O6/c16-15(19-17-5-7-1-11(23)13(25)3-9(7)21)20-18-6-8-2-12(24)14(26)4-10(8)22/h1-6,21-26H,(H3,16,19,20)/b17-5+,18-6+. The van der Waals surface area contributed by atoms with Crippen LogP contribution in [-0.4, -0.2) is 49.0 Å². The molecule has 9 N–H and O–H groups in total. The van der Waals surface area contributed by atoms with Crippen LogP contribution in [0.4, 0.5) is 0 Å². The quantitative estimate of drug-likeness (QED) is 0.124. The largest absolute Gasteiger partial charge is 0.507 e. The molecule has 11 heteroatoms. The van der Waals surface area contributed by atoms with Crippen LogP contribution in [0.2, 0.25) is 0 Å². The number of hydrogen-bond donors (Lipinski definition) is 8. The van der Waals surface area contributed by atoms with E-state index in [1.807, 2.05) is 0 Å². The second-order valence-electron chi connectivity index (χ2n) is 4.90. The fraction of sp³-hybridized carbons (Fsp3) is 0. The van der Waals surface area contributed by atoms with Gasteiger partial charge >= 0.3 is 0 Å². The van der Waals surface area contributed by atoms with Gasteiger partial charge in [-0.05, 0) is 12.1 Å². The van der Waals surface area contributed by atoms with Crippen molar-refractivity contribution in [3.8, 4) is 34.5 Å². The van der Waals surface area contributed by atoms with Crippen LogP contribution in [0, 0.1) is 0 Å². The van der Waals surface area contributed by atoms with Crippen molar-refractivity contribution in [3.63, 3.8) is 0 Å². The van der Waals surface area contributed by atoms with Crippen LogP contribution in [0.1, 0.15) is 11.1 Å². The van der Waals surface area contributed by atoms with Gasteiger partial charge in [-0.25, -0.2) is 5.43 Å². The van der Waals surface area contributed by atoms with Crippen LogP contribution >= 0.6 is 0 Å². The van der Waals surface area contributed by atoms with Gasteiger partial charge in [0, 0.05) is 23.3 Å². The molecule has 0 spiro atoms. The maximum absolute atomic E-state index is 9.58. The lowest BCUT2D eigenvalue weighted by molar-refractivity contribution is 0.396. The van der Waals surface area contributed by atoms with E-state index in [0.29, 0.717) is 0 Å². The Balaban J connectivity index is 2.03. The fourth-order valence-corrected chi connectivity index (χ4v) is 1.71. The number of phenols is 6. The van der Waals surface area contributed by atoms with Gasteiger partial charge in [0.2, 0.25) is 5.96 Å². The third-order valence-electron chi connectivity index (χ3n) is 2.99. The Morgan fingerprint density at radius 1 is 0.731 bits per heavy atom. The molecule has 0 radical (unpaired) electrons. The van der Waals surface area contributed by atoms with Gasteiger partial charge in [-0.1, -0.05) is 0 Å². The number of hydrogen-bond acceptors (Lipinski definition) is 9. The molecule has 0 saturated heterocycles. The molecule has 0 atom stereocenters. The minimum absolute atomic E-state index is 0.0878. The molecule has 0 heterocycles. The zero-order valence-electron chi connectivity index (χ0n) is 13.1. The highest BCUT2D eigenvalue weighted by atomic mass is 16.3.